The summed E-state index contributed by atoms with van der Waals surface area (Å²) in [6.07, 6.45) is 2.90. The van der Waals surface area contributed by atoms with Crippen LogP contribution in [-0.4, -0.2) is 36.2 Å². The summed E-state index contributed by atoms with van der Waals surface area (Å²) in [5.74, 6) is 0. The number of hydroxylamine groups is 2. The van der Waals surface area contributed by atoms with Gasteiger partial charge >= 0.3 is 0 Å². The van der Waals surface area contributed by atoms with Crippen molar-refractivity contribution in [3.63, 3.8) is 0 Å². The third-order valence-electron chi connectivity index (χ3n) is 2.11. The van der Waals surface area contributed by atoms with Gasteiger partial charge in [0.05, 0.1) is 11.6 Å². The lowest BCUT2D eigenvalue weighted by Gasteiger charge is -2.35. The van der Waals surface area contributed by atoms with Crippen molar-refractivity contribution >= 4 is 6.41 Å². The van der Waals surface area contributed by atoms with Gasteiger partial charge in [-0.25, -0.2) is 5.06 Å². The maximum Gasteiger partial charge on any atom is 0.233 e. The fourth-order valence-corrected chi connectivity index (χ4v) is 1.55. The van der Waals surface area contributed by atoms with Crippen LogP contribution in [0.3, 0.4) is 0 Å². The van der Waals surface area contributed by atoms with E-state index in [4.69, 9.17) is 4.84 Å². The molecular formula is C10H20N2O2. The number of nitrogens with one attached hydrogen (secondary N) is 1. The molecule has 0 radical (unpaired) electrons. The van der Waals surface area contributed by atoms with E-state index in [2.05, 4.69) is 5.32 Å². The van der Waals surface area contributed by atoms with E-state index in [1.807, 2.05) is 20.8 Å². The van der Waals surface area contributed by atoms with Crippen molar-refractivity contribution in [3.05, 3.63) is 0 Å². The summed E-state index contributed by atoms with van der Waals surface area (Å²) in [5, 5.41) is 4.71. The molecular weight excluding hydrogens is 180 g/mol. The Balaban J connectivity index is 2.47. The third-order valence-corrected chi connectivity index (χ3v) is 2.11. The van der Waals surface area contributed by atoms with Crippen LogP contribution in [0, 0.1) is 0 Å². The molecule has 4 nitrogen and oxygen atoms in total. The normalized spacial score (nSPS) is 23.2. The summed E-state index contributed by atoms with van der Waals surface area (Å²) in [6, 6.07) is 0.181. The average Bonchev–Trinajstić information content (AvgIpc) is 2.14. The Hall–Kier alpha value is -0.610. The van der Waals surface area contributed by atoms with Gasteiger partial charge in [-0.15, -0.1) is 0 Å². The van der Waals surface area contributed by atoms with Crippen LogP contribution < -0.4 is 5.32 Å². The second-order valence-corrected chi connectivity index (χ2v) is 4.67. The summed E-state index contributed by atoms with van der Waals surface area (Å²) in [6.45, 7) is 7.70. The standard InChI is InChI=1S/C10H20N2O2/c1-10(2,3)14-12(8-13)9-5-4-6-11-7-9/h8-9,11H,4-7H2,1-3H3. The average molecular weight is 200 g/mol. The van der Waals surface area contributed by atoms with Crippen molar-refractivity contribution in [2.45, 2.75) is 45.3 Å². The summed E-state index contributed by atoms with van der Waals surface area (Å²) in [7, 11) is 0. The zero-order chi connectivity index (χ0) is 10.6. The molecule has 1 rings (SSSR count). The summed E-state index contributed by atoms with van der Waals surface area (Å²) in [5.41, 5.74) is -0.307. The monoisotopic (exact) mass is 200 g/mol. The van der Waals surface area contributed by atoms with E-state index in [0.717, 1.165) is 32.3 Å². The highest BCUT2D eigenvalue weighted by atomic mass is 16.7. The van der Waals surface area contributed by atoms with Gasteiger partial charge in [0, 0.05) is 6.54 Å². The van der Waals surface area contributed by atoms with Gasteiger partial charge in [0.15, 0.2) is 0 Å². The molecule has 1 atom stereocenters. The number of piperidine rings is 1. The minimum Gasteiger partial charge on any atom is -0.315 e. The maximum atomic E-state index is 10.9. The Morgan fingerprint density at radius 2 is 2.21 bits per heavy atom. The van der Waals surface area contributed by atoms with Crippen molar-refractivity contribution in [3.8, 4) is 0 Å². The molecule has 1 amide bonds. The quantitative estimate of drug-likeness (QED) is 0.544. The molecule has 0 aliphatic carbocycles. The van der Waals surface area contributed by atoms with E-state index >= 15 is 0 Å². The van der Waals surface area contributed by atoms with E-state index in [1.165, 1.54) is 5.06 Å². The lowest BCUT2D eigenvalue weighted by molar-refractivity contribution is -0.233. The van der Waals surface area contributed by atoms with Gasteiger partial charge in [0.1, 0.15) is 0 Å². The largest absolute Gasteiger partial charge is 0.315 e. The Kier molecular flexibility index (Phi) is 3.89. The van der Waals surface area contributed by atoms with Crippen LogP contribution in [0.25, 0.3) is 0 Å². The molecule has 0 bridgehead atoms. The number of nitrogens with zero attached hydrogens (tertiary/aromatic N) is 1. The van der Waals surface area contributed by atoms with Crippen LogP contribution in [0.5, 0.6) is 0 Å². The highest BCUT2D eigenvalue weighted by Crippen LogP contribution is 2.15. The fraction of sp³-hybridized carbons (Fsp3) is 0.900. The predicted octanol–water partition coefficient (Wildman–Crippen LogP) is 0.927. The van der Waals surface area contributed by atoms with Crippen molar-refractivity contribution < 1.29 is 9.63 Å². The number of rotatable bonds is 3. The predicted molar refractivity (Wildman–Crippen MR) is 54.6 cm³/mol. The van der Waals surface area contributed by atoms with Gasteiger partial charge in [0.2, 0.25) is 6.41 Å². The Labute approximate surface area is 85.6 Å². The molecule has 0 spiro atoms. The van der Waals surface area contributed by atoms with Crippen molar-refractivity contribution in [2.24, 2.45) is 0 Å². The van der Waals surface area contributed by atoms with Gasteiger partial charge in [0.25, 0.3) is 0 Å². The van der Waals surface area contributed by atoms with Crippen LogP contribution in [0.4, 0.5) is 0 Å². The molecule has 1 aliphatic rings. The minimum atomic E-state index is -0.307. The van der Waals surface area contributed by atoms with Gasteiger partial charge < -0.3 is 5.32 Å². The topological polar surface area (TPSA) is 41.6 Å². The molecule has 1 aliphatic heterocycles. The number of carbonyl (C=O) groups is 1. The second kappa shape index (κ2) is 4.75. The molecule has 1 heterocycles. The minimum absolute atomic E-state index is 0.181. The summed E-state index contributed by atoms with van der Waals surface area (Å²) >= 11 is 0. The van der Waals surface area contributed by atoms with Crippen molar-refractivity contribution in [1.82, 2.24) is 10.4 Å². The second-order valence-electron chi connectivity index (χ2n) is 4.67. The molecule has 14 heavy (non-hydrogen) atoms. The molecule has 0 aromatic carbocycles. The van der Waals surface area contributed by atoms with Crippen molar-refractivity contribution in [2.75, 3.05) is 13.1 Å². The van der Waals surface area contributed by atoms with E-state index in [0.29, 0.717) is 0 Å². The smallest absolute Gasteiger partial charge is 0.233 e. The Morgan fingerprint density at radius 3 is 2.64 bits per heavy atom. The van der Waals surface area contributed by atoms with Gasteiger partial charge in [-0.05, 0) is 40.2 Å². The first kappa shape index (κ1) is 11.5. The number of hydrogen-bond acceptors (Lipinski definition) is 3. The zero-order valence-electron chi connectivity index (χ0n) is 9.25. The molecule has 82 valence electrons. The first-order valence-electron chi connectivity index (χ1n) is 5.16. The molecule has 1 saturated heterocycles. The molecule has 1 unspecified atom stereocenters. The van der Waals surface area contributed by atoms with Gasteiger partial charge in [-0.3, -0.25) is 9.63 Å². The molecule has 0 aromatic heterocycles. The van der Waals surface area contributed by atoms with Crippen LogP contribution in [0.15, 0.2) is 0 Å². The lowest BCUT2D eigenvalue weighted by atomic mass is 10.1. The zero-order valence-corrected chi connectivity index (χ0v) is 9.25. The van der Waals surface area contributed by atoms with Crippen LogP contribution in [0.2, 0.25) is 0 Å². The highest BCUT2D eigenvalue weighted by Gasteiger charge is 2.24. The fourth-order valence-electron chi connectivity index (χ4n) is 1.55. The molecule has 1 fully saturated rings. The van der Waals surface area contributed by atoms with Crippen LogP contribution in [0.1, 0.15) is 33.6 Å². The first-order chi connectivity index (χ1) is 6.53. The highest BCUT2D eigenvalue weighted by molar-refractivity contribution is 5.45. The SMILES string of the molecule is CC(C)(C)ON(C=O)C1CCCNC1. The summed E-state index contributed by atoms with van der Waals surface area (Å²) < 4.78 is 0. The van der Waals surface area contributed by atoms with E-state index in [9.17, 15) is 4.79 Å². The van der Waals surface area contributed by atoms with E-state index in [1.54, 1.807) is 0 Å². The van der Waals surface area contributed by atoms with E-state index < -0.39 is 0 Å². The molecule has 0 saturated carbocycles. The van der Waals surface area contributed by atoms with Gasteiger partial charge in [-0.2, -0.15) is 0 Å². The molecule has 0 aromatic rings. The number of carbonyl (C=O) groups excluding carboxylic acids is 1. The third kappa shape index (κ3) is 3.64. The maximum absolute atomic E-state index is 10.9. The summed E-state index contributed by atoms with van der Waals surface area (Å²) in [4.78, 5) is 16.4. The van der Waals surface area contributed by atoms with Crippen molar-refractivity contribution in [1.29, 1.82) is 0 Å². The van der Waals surface area contributed by atoms with Crippen LogP contribution >= 0.6 is 0 Å². The Morgan fingerprint density at radius 1 is 1.50 bits per heavy atom. The Bertz CT molecular complexity index is 183. The van der Waals surface area contributed by atoms with Crippen LogP contribution in [-0.2, 0) is 9.63 Å². The number of hydrogen-bond donors (Lipinski definition) is 1. The lowest BCUT2D eigenvalue weighted by Crippen LogP contribution is -2.48. The van der Waals surface area contributed by atoms with Gasteiger partial charge in [-0.1, -0.05) is 0 Å². The first-order valence-corrected chi connectivity index (χ1v) is 5.16. The molecule has 1 N–H and O–H groups in total. The van der Waals surface area contributed by atoms with E-state index in [-0.39, 0.29) is 11.6 Å². The molecule has 4 heteroatoms. The number of amides is 1.